The van der Waals surface area contributed by atoms with Crippen LogP contribution in [0.15, 0.2) is 0 Å². The minimum atomic E-state index is -0.515. The molecule has 1 rings (SSSR count). The van der Waals surface area contributed by atoms with E-state index >= 15 is 0 Å². The van der Waals surface area contributed by atoms with E-state index in [1.165, 1.54) is 0 Å². The summed E-state index contributed by atoms with van der Waals surface area (Å²) in [6, 6.07) is -0.513. The van der Waals surface area contributed by atoms with Crippen molar-refractivity contribution in [1.82, 2.24) is 10.2 Å². The van der Waals surface area contributed by atoms with Crippen LogP contribution in [-0.4, -0.2) is 43.0 Å². The van der Waals surface area contributed by atoms with Crippen LogP contribution in [0.1, 0.15) is 26.7 Å². The van der Waals surface area contributed by atoms with Crippen molar-refractivity contribution in [3.05, 3.63) is 0 Å². The summed E-state index contributed by atoms with van der Waals surface area (Å²) in [5.74, 6) is 0.373. The number of carbonyl (C=O) groups excluding carboxylic acids is 2. The summed E-state index contributed by atoms with van der Waals surface area (Å²) in [4.78, 5) is 24.8. The van der Waals surface area contributed by atoms with Crippen LogP contribution in [-0.2, 0) is 4.79 Å². The number of nitrogens with two attached hydrogens (primary N) is 2. The van der Waals surface area contributed by atoms with Crippen LogP contribution >= 0.6 is 0 Å². The number of nitrogens with one attached hydrogen (secondary N) is 1. The Morgan fingerprint density at radius 2 is 2.11 bits per heavy atom. The van der Waals surface area contributed by atoms with Crippen molar-refractivity contribution >= 4 is 11.9 Å². The van der Waals surface area contributed by atoms with Crippen LogP contribution < -0.4 is 16.8 Å². The highest BCUT2D eigenvalue weighted by Gasteiger charge is 2.33. The maximum Gasteiger partial charge on any atom is 0.312 e. The van der Waals surface area contributed by atoms with Crippen molar-refractivity contribution in [1.29, 1.82) is 0 Å². The van der Waals surface area contributed by atoms with E-state index in [-0.39, 0.29) is 11.8 Å². The van der Waals surface area contributed by atoms with Gasteiger partial charge in [0, 0.05) is 26.2 Å². The molecular weight excluding hydrogens is 232 g/mol. The maximum atomic E-state index is 12.3. The number of likely N-dealkylation sites (tertiary alicyclic amines) is 1. The number of hydrogen-bond donors (Lipinski definition) is 3. The molecule has 1 fully saturated rings. The Balaban J connectivity index is 2.53. The largest absolute Gasteiger partial charge is 0.352 e. The lowest BCUT2D eigenvalue weighted by atomic mass is 9.89. The van der Waals surface area contributed by atoms with E-state index < -0.39 is 11.4 Å². The van der Waals surface area contributed by atoms with E-state index in [0.29, 0.717) is 19.6 Å². The summed E-state index contributed by atoms with van der Waals surface area (Å²) in [5, 5.41) is 2.60. The lowest BCUT2D eigenvalue weighted by molar-refractivity contribution is -0.141. The van der Waals surface area contributed by atoms with Gasteiger partial charge < -0.3 is 21.7 Å². The van der Waals surface area contributed by atoms with Crippen molar-refractivity contribution in [2.24, 2.45) is 22.8 Å². The van der Waals surface area contributed by atoms with Gasteiger partial charge in [-0.3, -0.25) is 4.79 Å². The van der Waals surface area contributed by atoms with E-state index in [2.05, 4.69) is 5.32 Å². The molecule has 1 atom stereocenters. The molecule has 0 bridgehead atoms. The standard InChI is InChI=1S/C12H24N4O2/c1-12(2,8-13)10(17)16-5-3-4-9(7-16)6-15-11(14)18/h9H,3-8,13H2,1-2H3,(H3,14,15,18). The van der Waals surface area contributed by atoms with E-state index in [4.69, 9.17) is 11.5 Å². The lowest BCUT2D eigenvalue weighted by Gasteiger charge is -2.37. The van der Waals surface area contributed by atoms with Gasteiger partial charge in [0.25, 0.3) is 0 Å². The molecule has 1 aliphatic rings. The fourth-order valence-corrected chi connectivity index (χ4v) is 2.18. The van der Waals surface area contributed by atoms with Crippen molar-refractivity contribution in [2.45, 2.75) is 26.7 Å². The summed E-state index contributed by atoms with van der Waals surface area (Å²) in [6.07, 6.45) is 1.96. The predicted octanol–water partition coefficient (Wildman–Crippen LogP) is -0.122. The highest BCUT2D eigenvalue weighted by atomic mass is 16.2. The zero-order chi connectivity index (χ0) is 13.8. The van der Waals surface area contributed by atoms with E-state index in [9.17, 15) is 9.59 Å². The first-order valence-corrected chi connectivity index (χ1v) is 6.39. The predicted molar refractivity (Wildman–Crippen MR) is 69.7 cm³/mol. The van der Waals surface area contributed by atoms with Gasteiger partial charge in [0.15, 0.2) is 0 Å². The highest BCUT2D eigenvalue weighted by molar-refractivity contribution is 5.82. The summed E-state index contributed by atoms with van der Waals surface area (Å²) >= 11 is 0. The summed E-state index contributed by atoms with van der Waals surface area (Å²) < 4.78 is 0. The smallest absolute Gasteiger partial charge is 0.312 e. The van der Waals surface area contributed by atoms with Gasteiger partial charge in [0.1, 0.15) is 0 Å². The van der Waals surface area contributed by atoms with Gasteiger partial charge >= 0.3 is 6.03 Å². The summed E-state index contributed by atoms with van der Waals surface area (Å²) in [6.45, 7) is 6.04. The second-order valence-electron chi connectivity index (χ2n) is 5.59. The molecule has 18 heavy (non-hydrogen) atoms. The fraction of sp³-hybridized carbons (Fsp3) is 0.833. The van der Waals surface area contributed by atoms with Crippen molar-refractivity contribution in [3.63, 3.8) is 0 Å². The monoisotopic (exact) mass is 256 g/mol. The van der Waals surface area contributed by atoms with Crippen LogP contribution in [0, 0.1) is 11.3 Å². The number of urea groups is 1. The van der Waals surface area contributed by atoms with Crippen LogP contribution in [0.3, 0.4) is 0 Å². The Hall–Kier alpha value is -1.30. The quantitative estimate of drug-likeness (QED) is 0.653. The number of hydrogen-bond acceptors (Lipinski definition) is 3. The molecule has 1 unspecified atom stereocenters. The molecule has 0 radical (unpaired) electrons. The van der Waals surface area contributed by atoms with Gasteiger partial charge in [0.2, 0.25) is 5.91 Å². The molecule has 0 aliphatic carbocycles. The average Bonchev–Trinajstić information content (AvgIpc) is 2.35. The van der Waals surface area contributed by atoms with Crippen molar-refractivity contribution < 1.29 is 9.59 Å². The van der Waals surface area contributed by atoms with Gasteiger partial charge in [0.05, 0.1) is 5.41 Å². The first kappa shape index (κ1) is 14.8. The molecule has 5 N–H and O–H groups in total. The van der Waals surface area contributed by atoms with E-state index in [1.54, 1.807) is 0 Å². The van der Waals surface area contributed by atoms with Gasteiger partial charge in [-0.2, -0.15) is 0 Å². The molecule has 0 saturated carbocycles. The van der Waals surface area contributed by atoms with Crippen LogP contribution in [0.25, 0.3) is 0 Å². The highest BCUT2D eigenvalue weighted by Crippen LogP contribution is 2.22. The second-order valence-corrected chi connectivity index (χ2v) is 5.59. The molecule has 1 saturated heterocycles. The van der Waals surface area contributed by atoms with Crippen molar-refractivity contribution in [3.8, 4) is 0 Å². The summed E-state index contributed by atoms with van der Waals surface area (Å²) in [5.41, 5.74) is 10.2. The molecule has 1 heterocycles. The molecule has 0 spiro atoms. The molecule has 6 heteroatoms. The van der Waals surface area contributed by atoms with Crippen LogP contribution in [0.2, 0.25) is 0 Å². The normalized spacial score (nSPS) is 20.6. The van der Waals surface area contributed by atoms with E-state index in [1.807, 2.05) is 18.7 Å². The molecule has 0 aromatic carbocycles. The summed E-state index contributed by atoms with van der Waals surface area (Å²) in [7, 11) is 0. The molecule has 104 valence electrons. The number of rotatable bonds is 4. The number of nitrogens with zero attached hydrogens (tertiary/aromatic N) is 1. The second kappa shape index (κ2) is 6.04. The van der Waals surface area contributed by atoms with Gasteiger partial charge in [-0.15, -0.1) is 0 Å². The first-order chi connectivity index (χ1) is 8.36. The Bertz CT molecular complexity index is 317. The SMILES string of the molecule is CC(C)(CN)C(=O)N1CCCC(CNC(N)=O)C1. The van der Waals surface area contributed by atoms with Crippen molar-refractivity contribution in [2.75, 3.05) is 26.2 Å². The van der Waals surface area contributed by atoms with Crippen LogP contribution in [0.4, 0.5) is 4.79 Å². The average molecular weight is 256 g/mol. The van der Waals surface area contributed by atoms with Crippen LogP contribution in [0.5, 0.6) is 0 Å². The fourth-order valence-electron chi connectivity index (χ4n) is 2.18. The molecule has 6 nitrogen and oxygen atoms in total. The minimum absolute atomic E-state index is 0.0915. The maximum absolute atomic E-state index is 12.3. The third kappa shape index (κ3) is 3.87. The third-order valence-electron chi connectivity index (χ3n) is 3.46. The van der Waals surface area contributed by atoms with E-state index in [0.717, 1.165) is 19.4 Å². The molecule has 0 aromatic rings. The third-order valence-corrected chi connectivity index (χ3v) is 3.46. The first-order valence-electron chi connectivity index (χ1n) is 6.39. The number of amides is 3. The Morgan fingerprint density at radius 1 is 1.44 bits per heavy atom. The number of primary amides is 1. The minimum Gasteiger partial charge on any atom is -0.352 e. The topological polar surface area (TPSA) is 101 Å². The van der Waals surface area contributed by atoms with Gasteiger partial charge in [-0.05, 0) is 32.6 Å². The zero-order valence-corrected chi connectivity index (χ0v) is 11.2. The zero-order valence-electron chi connectivity index (χ0n) is 11.2. The Morgan fingerprint density at radius 3 is 2.67 bits per heavy atom. The Labute approximate surface area is 108 Å². The Kier molecular flexibility index (Phi) is 4.95. The molecule has 0 aromatic heterocycles. The molecule has 3 amide bonds. The molecular formula is C12H24N4O2. The lowest BCUT2D eigenvalue weighted by Crippen LogP contribution is -2.50. The van der Waals surface area contributed by atoms with Gasteiger partial charge in [-0.25, -0.2) is 4.79 Å². The number of piperidine rings is 1. The molecule has 1 aliphatic heterocycles. The number of carbonyl (C=O) groups is 2. The van der Waals surface area contributed by atoms with Gasteiger partial charge in [-0.1, -0.05) is 0 Å².